The topological polar surface area (TPSA) is 28.2 Å². The van der Waals surface area contributed by atoms with Crippen molar-refractivity contribution in [1.82, 2.24) is 4.98 Å². The number of anilines is 2. The lowest BCUT2D eigenvalue weighted by Crippen LogP contribution is -2.28. The molecule has 0 amide bonds. The van der Waals surface area contributed by atoms with Crippen LogP contribution in [-0.4, -0.2) is 23.6 Å². The maximum absolute atomic E-state index is 4.61. The minimum absolute atomic E-state index is 0.0289. The molecule has 0 saturated carbocycles. The summed E-state index contributed by atoms with van der Waals surface area (Å²) in [6.07, 6.45) is 1.90. The average Bonchev–Trinajstić information content (AvgIpc) is 2.24. The summed E-state index contributed by atoms with van der Waals surface area (Å²) in [7, 11) is 0. The van der Waals surface area contributed by atoms with Crippen LogP contribution in [-0.2, 0) is 0 Å². The van der Waals surface area contributed by atoms with Gasteiger partial charge in [-0.15, -0.1) is 6.58 Å². The van der Waals surface area contributed by atoms with E-state index in [0.29, 0.717) is 0 Å². The van der Waals surface area contributed by atoms with Gasteiger partial charge in [0.15, 0.2) is 0 Å². The number of hydrogen-bond acceptors (Lipinski definition) is 3. The molecule has 0 spiro atoms. The van der Waals surface area contributed by atoms with E-state index < -0.39 is 0 Å². The molecule has 1 rings (SSSR count). The maximum Gasteiger partial charge on any atom is 0.131 e. The standard InChI is InChI=1S/C14H23N3/c1-6-11-17(7-2)13-10-8-9-12(15-13)16-14(3,4)5/h6,8-10H,1,7,11H2,2-5H3,(H,15,16). The van der Waals surface area contributed by atoms with Crippen LogP contribution in [0, 0.1) is 0 Å². The Balaban J connectivity index is 2.87. The molecule has 3 nitrogen and oxygen atoms in total. The Morgan fingerprint density at radius 1 is 1.41 bits per heavy atom. The van der Waals surface area contributed by atoms with E-state index in [1.165, 1.54) is 0 Å². The lowest BCUT2D eigenvalue weighted by atomic mass is 10.1. The fraction of sp³-hybridized carbons (Fsp3) is 0.500. The molecule has 0 unspecified atom stereocenters. The zero-order valence-corrected chi connectivity index (χ0v) is 11.3. The highest BCUT2D eigenvalue weighted by Gasteiger charge is 2.11. The smallest absolute Gasteiger partial charge is 0.131 e. The van der Waals surface area contributed by atoms with E-state index in [0.717, 1.165) is 24.7 Å². The van der Waals surface area contributed by atoms with E-state index in [1.807, 2.05) is 24.3 Å². The van der Waals surface area contributed by atoms with Crippen LogP contribution in [0.1, 0.15) is 27.7 Å². The highest BCUT2D eigenvalue weighted by molar-refractivity contribution is 5.48. The highest BCUT2D eigenvalue weighted by Crippen LogP contribution is 2.17. The van der Waals surface area contributed by atoms with Crippen molar-refractivity contribution in [2.24, 2.45) is 0 Å². The minimum atomic E-state index is 0.0289. The molecule has 0 atom stereocenters. The van der Waals surface area contributed by atoms with Crippen LogP contribution in [0.15, 0.2) is 30.9 Å². The van der Waals surface area contributed by atoms with Crippen molar-refractivity contribution in [3.63, 3.8) is 0 Å². The Kier molecular flexibility index (Phi) is 4.55. The van der Waals surface area contributed by atoms with E-state index in [4.69, 9.17) is 0 Å². The number of pyridine rings is 1. The fourth-order valence-corrected chi connectivity index (χ4v) is 1.59. The number of rotatable bonds is 5. The van der Waals surface area contributed by atoms with Gasteiger partial charge in [0, 0.05) is 18.6 Å². The lowest BCUT2D eigenvalue weighted by Gasteiger charge is -2.24. The van der Waals surface area contributed by atoms with Gasteiger partial charge in [-0.25, -0.2) is 4.98 Å². The molecular weight excluding hydrogens is 210 g/mol. The first-order chi connectivity index (χ1) is 7.96. The summed E-state index contributed by atoms with van der Waals surface area (Å²) in [6, 6.07) is 6.06. The van der Waals surface area contributed by atoms with Gasteiger partial charge in [-0.3, -0.25) is 0 Å². The highest BCUT2D eigenvalue weighted by atomic mass is 15.2. The van der Waals surface area contributed by atoms with Crippen LogP contribution in [0.2, 0.25) is 0 Å². The molecule has 94 valence electrons. The zero-order valence-electron chi connectivity index (χ0n) is 11.3. The predicted molar refractivity (Wildman–Crippen MR) is 75.7 cm³/mol. The number of likely N-dealkylation sites (N-methyl/N-ethyl adjacent to an activating group) is 1. The van der Waals surface area contributed by atoms with Gasteiger partial charge in [-0.05, 0) is 39.8 Å². The molecule has 0 radical (unpaired) electrons. The molecule has 1 heterocycles. The first-order valence-electron chi connectivity index (χ1n) is 6.07. The van der Waals surface area contributed by atoms with Crippen molar-refractivity contribution < 1.29 is 0 Å². The molecule has 0 aliphatic rings. The summed E-state index contributed by atoms with van der Waals surface area (Å²) < 4.78 is 0. The molecule has 17 heavy (non-hydrogen) atoms. The molecule has 1 N–H and O–H groups in total. The molecule has 1 aromatic rings. The largest absolute Gasteiger partial charge is 0.365 e. The van der Waals surface area contributed by atoms with Gasteiger partial charge >= 0.3 is 0 Å². The SMILES string of the molecule is C=CCN(CC)c1cccc(NC(C)(C)C)n1. The molecule has 0 saturated heterocycles. The molecule has 0 fully saturated rings. The van der Waals surface area contributed by atoms with Crippen LogP contribution in [0.3, 0.4) is 0 Å². The van der Waals surface area contributed by atoms with Gasteiger partial charge in [0.25, 0.3) is 0 Å². The normalized spacial score (nSPS) is 11.1. The molecule has 1 aromatic heterocycles. The maximum atomic E-state index is 4.61. The molecule has 0 bridgehead atoms. The summed E-state index contributed by atoms with van der Waals surface area (Å²) in [4.78, 5) is 6.80. The van der Waals surface area contributed by atoms with Gasteiger partial charge in [0.05, 0.1) is 0 Å². The number of nitrogens with one attached hydrogen (secondary N) is 1. The van der Waals surface area contributed by atoms with E-state index >= 15 is 0 Å². The van der Waals surface area contributed by atoms with Crippen molar-refractivity contribution in [3.8, 4) is 0 Å². The monoisotopic (exact) mass is 233 g/mol. The third-order valence-electron chi connectivity index (χ3n) is 2.29. The summed E-state index contributed by atoms with van der Waals surface area (Å²) in [6.45, 7) is 14.0. The lowest BCUT2D eigenvalue weighted by molar-refractivity contribution is 0.630. The average molecular weight is 233 g/mol. The van der Waals surface area contributed by atoms with E-state index in [2.05, 4.69) is 49.5 Å². The molecule has 0 aliphatic heterocycles. The van der Waals surface area contributed by atoms with E-state index in [1.54, 1.807) is 0 Å². The van der Waals surface area contributed by atoms with E-state index in [9.17, 15) is 0 Å². The predicted octanol–water partition coefficient (Wildman–Crippen LogP) is 3.30. The second kappa shape index (κ2) is 5.71. The van der Waals surface area contributed by atoms with Crippen LogP contribution in [0.5, 0.6) is 0 Å². The van der Waals surface area contributed by atoms with Crippen molar-refractivity contribution >= 4 is 11.6 Å². The van der Waals surface area contributed by atoms with Crippen molar-refractivity contribution in [1.29, 1.82) is 0 Å². The van der Waals surface area contributed by atoms with Gasteiger partial charge in [-0.1, -0.05) is 12.1 Å². The van der Waals surface area contributed by atoms with Crippen molar-refractivity contribution in [2.45, 2.75) is 33.2 Å². The van der Waals surface area contributed by atoms with Crippen molar-refractivity contribution in [3.05, 3.63) is 30.9 Å². The van der Waals surface area contributed by atoms with Crippen LogP contribution < -0.4 is 10.2 Å². The molecular formula is C14H23N3. The third-order valence-corrected chi connectivity index (χ3v) is 2.29. The van der Waals surface area contributed by atoms with Gasteiger partial charge < -0.3 is 10.2 Å². The number of aromatic nitrogens is 1. The number of hydrogen-bond donors (Lipinski definition) is 1. The first kappa shape index (κ1) is 13.6. The Morgan fingerprint density at radius 2 is 2.12 bits per heavy atom. The molecule has 0 aromatic carbocycles. The zero-order chi connectivity index (χ0) is 12.9. The van der Waals surface area contributed by atoms with Crippen LogP contribution >= 0.6 is 0 Å². The van der Waals surface area contributed by atoms with Gasteiger partial charge in [0.1, 0.15) is 11.6 Å². The number of nitrogens with zero attached hydrogens (tertiary/aromatic N) is 2. The van der Waals surface area contributed by atoms with Crippen LogP contribution in [0.4, 0.5) is 11.6 Å². The Hall–Kier alpha value is -1.51. The van der Waals surface area contributed by atoms with Gasteiger partial charge in [0.2, 0.25) is 0 Å². The first-order valence-corrected chi connectivity index (χ1v) is 6.07. The van der Waals surface area contributed by atoms with Crippen molar-refractivity contribution in [2.75, 3.05) is 23.3 Å². The van der Waals surface area contributed by atoms with E-state index in [-0.39, 0.29) is 5.54 Å². The minimum Gasteiger partial charge on any atom is -0.365 e. The second-order valence-electron chi connectivity index (χ2n) is 5.08. The quantitative estimate of drug-likeness (QED) is 0.791. The fourth-order valence-electron chi connectivity index (χ4n) is 1.59. The summed E-state index contributed by atoms with van der Waals surface area (Å²) in [5.74, 6) is 1.90. The van der Waals surface area contributed by atoms with Gasteiger partial charge in [-0.2, -0.15) is 0 Å². The third kappa shape index (κ3) is 4.47. The molecule has 3 heteroatoms. The second-order valence-corrected chi connectivity index (χ2v) is 5.08. The van der Waals surface area contributed by atoms with Crippen LogP contribution in [0.25, 0.3) is 0 Å². The summed E-state index contributed by atoms with van der Waals surface area (Å²) in [5, 5.41) is 3.38. The Morgan fingerprint density at radius 3 is 2.65 bits per heavy atom. The molecule has 0 aliphatic carbocycles. The summed E-state index contributed by atoms with van der Waals surface area (Å²) in [5.41, 5.74) is 0.0289. The Labute approximate surface area is 105 Å². The Bertz CT molecular complexity index is 366. The summed E-state index contributed by atoms with van der Waals surface area (Å²) >= 11 is 0.